The van der Waals surface area contributed by atoms with E-state index < -0.39 is 0 Å². The Labute approximate surface area is 138 Å². The van der Waals surface area contributed by atoms with E-state index in [1.165, 1.54) is 31.2 Å². The van der Waals surface area contributed by atoms with Crippen LogP contribution in [0.1, 0.15) is 52.0 Å². The third kappa shape index (κ3) is 3.25. The molecule has 2 aliphatic rings. The lowest BCUT2D eigenvalue weighted by Gasteiger charge is -2.54. The second-order valence-corrected chi connectivity index (χ2v) is 8.87. The zero-order chi connectivity index (χ0) is 15.3. The molecule has 0 saturated heterocycles. The Kier molecular flexibility index (Phi) is 4.05. The number of hydrogen-bond donors (Lipinski definition) is 1. The summed E-state index contributed by atoms with van der Waals surface area (Å²) in [7, 11) is 0. The van der Waals surface area contributed by atoms with Crippen LogP contribution in [0, 0.1) is 11.3 Å². The molecule has 3 heteroatoms. The highest BCUT2D eigenvalue weighted by atomic mass is 35.5. The Balaban J connectivity index is 1.82. The Hall–Kier alpha value is -0.240. The first kappa shape index (κ1) is 15.6. The minimum atomic E-state index is 0.197. The van der Waals surface area contributed by atoms with Gasteiger partial charge in [-0.2, -0.15) is 0 Å². The lowest BCUT2D eigenvalue weighted by molar-refractivity contribution is 0.0447. The van der Waals surface area contributed by atoms with Gasteiger partial charge in [0.25, 0.3) is 0 Å². The smallest absolute Gasteiger partial charge is 0.0458 e. The van der Waals surface area contributed by atoms with Gasteiger partial charge in [-0.1, -0.05) is 50.0 Å². The van der Waals surface area contributed by atoms with Crippen LogP contribution >= 0.6 is 23.2 Å². The molecule has 0 aromatic heterocycles. The maximum Gasteiger partial charge on any atom is 0.0458 e. The van der Waals surface area contributed by atoms with Gasteiger partial charge in [0.15, 0.2) is 0 Å². The van der Waals surface area contributed by atoms with E-state index in [4.69, 9.17) is 23.2 Å². The first-order valence-corrected chi connectivity index (χ1v) is 8.75. The molecule has 0 spiro atoms. The summed E-state index contributed by atoms with van der Waals surface area (Å²) in [6.45, 7) is 8.09. The van der Waals surface area contributed by atoms with Crippen LogP contribution in [-0.4, -0.2) is 12.6 Å². The molecule has 2 fully saturated rings. The Bertz CT molecular complexity index is 523. The topological polar surface area (TPSA) is 12.0 Å². The molecule has 3 rings (SSSR count). The minimum absolute atomic E-state index is 0.197. The molecule has 1 aromatic carbocycles. The van der Waals surface area contributed by atoms with Crippen molar-refractivity contribution in [3.63, 3.8) is 0 Å². The number of rotatable bonds is 4. The molecule has 1 N–H and O–H groups in total. The van der Waals surface area contributed by atoms with Crippen molar-refractivity contribution < 1.29 is 0 Å². The van der Waals surface area contributed by atoms with Crippen LogP contribution in [-0.2, 0) is 5.41 Å². The molecular formula is C18H25Cl2N. The van der Waals surface area contributed by atoms with Crippen LogP contribution in [0.2, 0.25) is 10.0 Å². The molecule has 2 aliphatic carbocycles. The van der Waals surface area contributed by atoms with Gasteiger partial charge in [-0.25, -0.2) is 0 Å². The van der Waals surface area contributed by atoms with Gasteiger partial charge in [0.1, 0.15) is 0 Å². The Morgan fingerprint density at radius 1 is 1.19 bits per heavy atom. The molecule has 0 atom stereocenters. The molecule has 0 radical (unpaired) electrons. The standard InChI is InChI=1S/C18H25Cl2N/c1-17(2,3)12-9-18(10-12,11-21-14-5-6-14)15-7-4-13(19)8-16(15)20/h4,7-8,12,14,21H,5-6,9-11H2,1-3H3. The van der Waals surface area contributed by atoms with E-state index in [-0.39, 0.29) is 5.41 Å². The molecule has 0 bridgehead atoms. The number of nitrogens with one attached hydrogen (secondary N) is 1. The van der Waals surface area contributed by atoms with E-state index in [1.54, 1.807) is 0 Å². The summed E-state index contributed by atoms with van der Waals surface area (Å²) in [6, 6.07) is 6.74. The van der Waals surface area contributed by atoms with Gasteiger partial charge in [0, 0.05) is 28.0 Å². The largest absolute Gasteiger partial charge is 0.313 e. The molecule has 0 heterocycles. The number of halogens is 2. The van der Waals surface area contributed by atoms with Gasteiger partial charge in [-0.3, -0.25) is 0 Å². The predicted octanol–water partition coefficient (Wildman–Crippen LogP) is 5.44. The van der Waals surface area contributed by atoms with Crippen LogP contribution in [0.25, 0.3) is 0 Å². The van der Waals surface area contributed by atoms with Crippen molar-refractivity contribution >= 4 is 23.2 Å². The third-order valence-corrected chi connectivity index (χ3v) is 5.86. The molecule has 116 valence electrons. The van der Waals surface area contributed by atoms with Crippen molar-refractivity contribution in [2.45, 2.75) is 57.9 Å². The summed E-state index contributed by atoms with van der Waals surface area (Å²) < 4.78 is 0. The van der Waals surface area contributed by atoms with Crippen LogP contribution in [0.5, 0.6) is 0 Å². The average molecular weight is 326 g/mol. The van der Waals surface area contributed by atoms with E-state index in [2.05, 4.69) is 32.2 Å². The summed E-state index contributed by atoms with van der Waals surface area (Å²) in [5, 5.41) is 5.27. The highest BCUT2D eigenvalue weighted by Gasteiger charge is 2.50. The van der Waals surface area contributed by atoms with E-state index >= 15 is 0 Å². The van der Waals surface area contributed by atoms with Crippen molar-refractivity contribution in [2.24, 2.45) is 11.3 Å². The van der Waals surface area contributed by atoms with Gasteiger partial charge in [0.05, 0.1) is 0 Å². The van der Waals surface area contributed by atoms with Crippen LogP contribution < -0.4 is 5.32 Å². The summed E-state index contributed by atoms with van der Waals surface area (Å²) in [6.07, 6.45) is 5.09. The SMILES string of the molecule is CC(C)(C)C1CC(CNC2CC2)(c2ccc(Cl)cc2Cl)C1. The monoisotopic (exact) mass is 325 g/mol. The van der Waals surface area contributed by atoms with Crippen molar-refractivity contribution in [2.75, 3.05) is 6.54 Å². The van der Waals surface area contributed by atoms with Gasteiger partial charge in [-0.15, -0.1) is 0 Å². The fourth-order valence-electron chi connectivity index (χ4n) is 3.50. The second-order valence-electron chi connectivity index (χ2n) is 8.03. The summed E-state index contributed by atoms with van der Waals surface area (Å²) in [5.41, 5.74) is 1.85. The van der Waals surface area contributed by atoms with Crippen LogP contribution in [0.4, 0.5) is 0 Å². The van der Waals surface area contributed by atoms with E-state index in [0.29, 0.717) is 5.41 Å². The molecule has 0 unspecified atom stereocenters. The van der Waals surface area contributed by atoms with E-state index in [0.717, 1.165) is 28.5 Å². The lowest BCUT2D eigenvalue weighted by Crippen LogP contribution is -2.52. The van der Waals surface area contributed by atoms with Crippen molar-refractivity contribution in [3.8, 4) is 0 Å². The van der Waals surface area contributed by atoms with Gasteiger partial charge >= 0.3 is 0 Å². The van der Waals surface area contributed by atoms with Gasteiger partial charge < -0.3 is 5.32 Å². The highest BCUT2D eigenvalue weighted by Crippen LogP contribution is 2.55. The quantitative estimate of drug-likeness (QED) is 0.777. The zero-order valence-corrected chi connectivity index (χ0v) is 14.7. The molecule has 1 nitrogen and oxygen atoms in total. The third-order valence-electron chi connectivity index (χ3n) is 5.31. The number of benzene rings is 1. The minimum Gasteiger partial charge on any atom is -0.313 e. The summed E-state index contributed by atoms with van der Waals surface area (Å²) in [5.74, 6) is 0.769. The molecule has 21 heavy (non-hydrogen) atoms. The normalized spacial score (nSPS) is 29.3. The van der Waals surface area contributed by atoms with Gasteiger partial charge in [-0.05, 0) is 54.7 Å². The second kappa shape index (κ2) is 5.44. The predicted molar refractivity (Wildman–Crippen MR) is 91.3 cm³/mol. The average Bonchev–Trinajstić information content (AvgIpc) is 3.11. The lowest BCUT2D eigenvalue weighted by atomic mass is 9.52. The molecular weight excluding hydrogens is 301 g/mol. The van der Waals surface area contributed by atoms with Crippen molar-refractivity contribution in [1.29, 1.82) is 0 Å². The fourth-order valence-corrected chi connectivity index (χ4v) is 4.11. The zero-order valence-electron chi connectivity index (χ0n) is 13.2. The fraction of sp³-hybridized carbons (Fsp3) is 0.667. The summed E-state index contributed by atoms with van der Waals surface area (Å²) in [4.78, 5) is 0. The number of hydrogen-bond acceptors (Lipinski definition) is 1. The van der Waals surface area contributed by atoms with Gasteiger partial charge in [0.2, 0.25) is 0 Å². The highest BCUT2D eigenvalue weighted by molar-refractivity contribution is 6.35. The van der Waals surface area contributed by atoms with Crippen molar-refractivity contribution in [3.05, 3.63) is 33.8 Å². The Morgan fingerprint density at radius 3 is 2.38 bits per heavy atom. The van der Waals surface area contributed by atoms with Crippen molar-refractivity contribution in [1.82, 2.24) is 5.32 Å². The van der Waals surface area contributed by atoms with E-state index in [1.807, 2.05) is 12.1 Å². The molecule has 2 saturated carbocycles. The first-order valence-electron chi connectivity index (χ1n) is 7.99. The first-order chi connectivity index (χ1) is 9.80. The Morgan fingerprint density at radius 2 is 1.86 bits per heavy atom. The molecule has 0 aliphatic heterocycles. The van der Waals surface area contributed by atoms with Crippen LogP contribution in [0.15, 0.2) is 18.2 Å². The molecule has 0 amide bonds. The maximum absolute atomic E-state index is 6.51. The van der Waals surface area contributed by atoms with Crippen LogP contribution in [0.3, 0.4) is 0 Å². The summed E-state index contributed by atoms with van der Waals surface area (Å²) >= 11 is 12.6. The maximum atomic E-state index is 6.51. The van der Waals surface area contributed by atoms with E-state index in [9.17, 15) is 0 Å². The molecule has 1 aromatic rings.